The molecule has 0 bridgehead atoms. The van der Waals surface area contributed by atoms with Gasteiger partial charge in [0.25, 0.3) is 0 Å². The summed E-state index contributed by atoms with van der Waals surface area (Å²) in [6, 6.07) is 8.33. The van der Waals surface area contributed by atoms with Crippen molar-refractivity contribution in [1.29, 1.82) is 0 Å². The predicted molar refractivity (Wildman–Crippen MR) is 102 cm³/mol. The number of amides is 2. The maximum Gasteiger partial charge on any atom is 0.333 e. The first-order valence-electron chi connectivity index (χ1n) is 8.31. The zero-order valence-electron chi connectivity index (χ0n) is 14.8. The van der Waals surface area contributed by atoms with Crippen LogP contribution in [-0.4, -0.2) is 22.9 Å². The second kappa shape index (κ2) is 7.44. The molecule has 0 saturated carbocycles. The molecule has 0 unspecified atom stereocenters. The monoisotopic (exact) mass is 402 g/mol. The van der Waals surface area contributed by atoms with Crippen molar-refractivity contribution in [2.24, 2.45) is 5.73 Å². The summed E-state index contributed by atoms with van der Waals surface area (Å²) in [6.45, 7) is 1.63. The van der Waals surface area contributed by atoms with E-state index in [-0.39, 0.29) is 28.3 Å². The van der Waals surface area contributed by atoms with Gasteiger partial charge in [-0.3, -0.25) is 14.5 Å². The molecule has 1 aliphatic rings. The molecule has 2 aromatic rings. The number of hydrogen-bond donors (Lipinski definition) is 2. The van der Waals surface area contributed by atoms with E-state index < -0.39 is 29.5 Å². The van der Waals surface area contributed by atoms with E-state index in [0.29, 0.717) is 11.1 Å². The summed E-state index contributed by atoms with van der Waals surface area (Å²) in [5.74, 6) is -3.61. The fourth-order valence-corrected chi connectivity index (χ4v) is 3.48. The number of nitrogens with zero attached hydrogens (tertiary/aromatic N) is 1. The van der Waals surface area contributed by atoms with Gasteiger partial charge in [-0.1, -0.05) is 23.7 Å². The standard InChI is InChI=1S/C20H16ClFN2O4/c1-10-5-17(16(21)7-13(10)19(23)26)24-9-15(20(27)28)14(8-18(24)25)11-3-2-4-12(22)6-11/h2-7,9,14H,8H2,1H3,(H2,23,26)(H,27,28)/t14-/m0/s1. The first-order chi connectivity index (χ1) is 13.2. The van der Waals surface area contributed by atoms with Crippen LogP contribution in [0, 0.1) is 12.7 Å². The lowest BCUT2D eigenvalue weighted by atomic mass is 9.85. The Morgan fingerprint density at radius 3 is 2.61 bits per heavy atom. The third kappa shape index (κ3) is 3.61. The number of benzene rings is 2. The number of carbonyl (C=O) groups is 3. The molecule has 0 aromatic heterocycles. The van der Waals surface area contributed by atoms with E-state index in [1.807, 2.05) is 0 Å². The van der Waals surface area contributed by atoms with Crippen molar-refractivity contribution < 1.29 is 23.9 Å². The van der Waals surface area contributed by atoms with Gasteiger partial charge in [-0.2, -0.15) is 0 Å². The fraction of sp³-hybridized carbons (Fsp3) is 0.150. The number of anilines is 1. The number of primary amides is 1. The molecular formula is C20H16ClFN2O4. The molecule has 0 saturated heterocycles. The Balaban J connectivity index is 2.09. The molecular weight excluding hydrogens is 387 g/mol. The van der Waals surface area contributed by atoms with Crippen LogP contribution in [0.2, 0.25) is 5.02 Å². The highest BCUT2D eigenvalue weighted by molar-refractivity contribution is 6.34. The molecule has 28 heavy (non-hydrogen) atoms. The molecule has 2 amide bonds. The second-order valence-corrected chi connectivity index (χ2v) is 6.86. The smallest absolute Gasteiger partial charge is 0.333 e. The van der Waals surface area contributed by atoms with Gasteiger partial charge in [-0.25, -0.2) is 9.18 Å². The van der Waals surface area contributed by atoms with Crippen molar-refractivity contribution in [2.75, 3.05) is 4.90 Å². The van der Waals surface area contributed by atoms with Crippen molar-refractivity contribution >= 4 is 35.1 Å². The topological polar surface area (TPSA) is 101 Å². The number of rotatable bonds is 4. The molecule has 1 atom stereocenters. The molecule has 1 heterocycles. The van der Waals surface area contributed by atoms with E-state index in [1.165, 1.54) is 36.5 Å². The van der Waals surface area contributed by atoms with Gasteiger partial charge in [0.15, 0.2) is 0 Å². The van der Waals surface area contributed by atoms with E-state index in [0.717, 1.165) is 4.90 Å². The van der Waals surface area contributed by atoms with Crippen molar-refractivity contribution in [3.05, 3.63) is 75.7 Å². The lowest BCUT2D eigenvalue weighted by molar-refractivity contribution is -0.133. The maximum absolute atomic E-state index is 13.6. The van der Waals surface area contributed by atoms with Crippen molar-refractivity contribution in [2.45, 2.75) is 19.3 Å². The van der Waals surface area contributed by atoms with Crippen LogP contribution in [0.25, 0.3) is 0 Å². The lowest BCUT2D eigenvalue weighted by Gasteiger charge is -2.30. The second-order valence-electron chi connectivity index (χ2n) is 6.45. The molecule has 0 aliphatic carbocycles. The van der Waals surface area contributed by atoms with E-state index in [9.17, 15) is 23.9 Å². The zero-order valence-corrected chi connectivity index (χ0v) is 15.5. The summed E-state index contributed by atoms with van der Waals surface area (Å²) in [5.41, 5.74) is 6.57. The molecule has 1 aliphatic heterocycles. The molecule has 8 heteroatoms. The molecule has 2 aromatic carbocycles. The number of carbonyl (C=O) groups excluding carboxylic acids is 2. The van der Waals surface area contributed by atoms with Crippen molar-refractivity contribution in [3.63, 3.8) is 0 Å². The highest BCUT2D eigenvalue weighted by Crippen LogP contribution is 2.38. The maximum atomic E-state index is 13.6. The number of nitrogens with two attached hydrogens (primary N) is 1. The number of halogens is 2. The van der Waals surface area contributed by atoms with Gasteiger partial charge in [-0.05, 0) is 42.3 Å². The van der Waals surface area contributed by atoms with E-state index in [2.05, 4.69) is 0 Å². The summed E-state index contributed by atoms with van der Waals surface area (Å²) in [6.07, 6.45) is 1.02. The largest absolute Gasteiger partial charge is 0.478 e. The summed E-state index contributed by atoms with van der Waals surface area (Å²) in [5, 5.41) is 9.72. The van der Waals surface area contributed by atoms with E-state index in [1.54, 1.807) is 13.0 Å². The van der Waals surface area contributed by atoms with Gasteiger partial charge in [0.05, 0.1) is 16.3 Å². The molecule has 0 fully saturated rings. The SMILES string of the molecule is Cc1cc(N2C=C(C(=O)O)[C@H](c3cccc(F)c3)CC2=O)c(Cl)cc1C(N)=O. The van der Waals surface area contributed by atoms with Crippen LogP contribution in [0.15, 0.2) is 48.2 Å². The normalized spacial score (nSPS) is 16.7. The van der Waals surface area contributed by atoms with Crippen LogP contribution in [0.1, 0.15) is 33.8 Å². The number of hydrogen-bond acceptors (Lipinski definition) is 3. The Hall–Kier alpha value is -3.19. The van der Waals surface area contributed by atoms with Crippen molar-refractivity contribution in [1.82, 2.24) is 0 Å². The minimum Gasteiger partial charge on any atom is -0.478 e. The molecule has 0 spiro atoms. The Morgan fingerprint density at radius 1 is 1.29 bits per heavy atom. The summed E-state index contributed by atoms with van der Waals surface area (Å²) < 4.78 is 13.6. The van der Waals surface area contributed by atoms with E-state index in [4.69, 9.17) is 17.3 Å². The summed E-state index contributed by atoms with van der Waals surface area (Å²) in [4.78, 5) is 37.2. The van der Waals surface area contributed by atoms with E-state index >= 15 is 0 Å². The van der Waals surface area contributed by atoms with Crippen molar-refractivity contribution in [3.8, 4) is 0 Å². The summed E-state index contributed by atoms with van der Waals surface area (Å²) in [7, 11) is 0. The minimum absolute atomic E-state index is 0.0714. The third-order valence-electron chi connectivity index (χ3n) is 4.61. The quantitative estimate of drug-likeness (QED) is 0.818. The number of carboxylic acids is 1. The Bertz CT molecular complexity index is 1030. The lowest BCUT2D eigenvalue weighted by Crippen LogP contribution is -2.34. The average molecular weight is 403 g/mol. The van der Waals surface area contributed by atoms with Crippen LogP contribution in [0.5, 0.6) is 0 Å². The summed E-state index contributed by atoms with van der Waals surface area (Å²) >= 11 is 6.22. The van der Waals surface area contributed by atoms with Gasteiger partial charge in [0, 0.05) is 24.1 Å². The van der Waals surface area contributed by atoms with Crippen LogP contribution in [0.4, 0.5) is 10.1 Å². The van der Waals surface area contributed by atoms with Gasteiger partial charge in [-0.15, -0.1) is 0 Å². The highest BCUT2D eigenvalue weighted by Gasteiger charge is 2.34. The Labute approximate surface area is 165 Å². The van der Waals surface area contributed by atoms with Gasteiger partial charge < -0.3 is 10.8 Å². The molecule has 3 rings (SSSR count). The van der Waals surface area contributed by atoms with Crippen LogP contribution in [0.3, 0.4) is 0 Å². The molecule has 144 valence electrons. The number of carboxylic acid groups (broad SMARTS) is 1. The fourth-order valence-electron chi connectivity index (χ4n) is 3.23. The minimum atomic E-state index is -1.23. The van der Waals surface area contributed by atoms with Crippen LogP contribution in [-0.2, 0) is 9.59 Å². The predicted octanol–water partition coefficient (Wildman–Crippen LogP) is 3.38. The third-order valence-corrected chi connectivity index (χ3v) is 4.91. The van der Waals surface area contributed by atoms with Gasteiger partial charge in [0.2, 0.25) is 11.8 Å². The first-order valence-corrected chi connectivity index (χ1v) is 8.69. The van der Waals surface area contributed by atoms with Gasteiger partial charge >= 0.3 is 5.97 Å². The Kier molecular flexibility index (Phi) is 5.20. The Morgan fingerprint density at radius 2 is 2.00 bits per heavy atom. The average Bonchev–Trinajstić information content (AvgIpc) is 2.62. The molecule has 0 radical (unpaired) electrons. The number of aryl methyl sites for hydroxylation is 1. The van der Waals surface area contributed by atoms with Gasteiger partial charge in [0.1, 0.15) is 5.82 Å². The van der Waals surface area contributed by atoms with Crippen LogP contribution >= 0.6 is 11.6 Å². The van der Waals surface area contributed by atoms with Crippen LogP contribution < -0.4 is 10.6 Å². The molecule has 3 N–H and O–H groups in total. The highest BCUT2D eigenvalue weighted by atomic mass is 35.5. The zero-order chi connectivity index (χ0) is 20.6. The molecule has 6 nitrogen and oxygen atoms in total. The number of aliphatic carboxylic acids is 1. The first kappa shape index (κ1) is 19.6.